The number of methoxy groups -OCH3 is 2. The highest BCUT2D eigenvalue weighted by molar-refractivity contribution is 5.98. The molecule has 2 rings (SSSR count). The Kier molecular flexibility index (Phi) is 4.18. The molecule has 1 atom stereocenters. The second-order valence-electron chi connectivity index (χ2n) is 5.06. The van der Waals surface area contributed by atoms with Crippen LogP contribution in [0.2, 0.25) is 0 Å². The van der Waals surface area contributed by atoms with Crippen LogP contribution in [-0.4, -0.2) is 45.7 Å². The Hall–Kier alpha value is -1.75. The maximum absolute atomic E-state index is 12.1. The van der Waals surface area contributed by atoms with E-state index in [1.807, 2.05) is 32.0 Å². The minimum Gasteiger partial charge on any atom is -0.496 e. The van der Waals surface area contributed by atoms with Gasteiger partial charge in [-0.2, -0.15) is 0 Å². The third kappa shape index (κ3) is 2.33. The van der Waals surface area contributed by atoms with Crippen LogP contribution in [0.1, 0.15) is 34.5 Å². The summed E-state index contributed by atoms with van der Waals surface area (Å²) in [6.07, 6.45) is 0.451. The summed E-state index contributed by atoms with van der Waals surface area (Å²) in [7, 11) is 7.08. The van der Waals surface area contributed by atoms with E-state index in [1.54, 1.807) is 14.2 Å². The summed E-state index contributed by atoms with van der Waals surface area (Å²) in [5.41, 5.74) is 2.28. The lowest BCUT2D eigenvalue weighted by atomic mass is 9.97. The Balaban J connectivity index is 2.60. The van der Waals surface area contributed by atoms with Gasteiger partial charge < -0.3 is 19.1 Å². The quantitative estimate of drug-likeness (QED) is 0.772. The highest BCUT2D eigenvalue weighted by Gasteiger charge is 2.36. The van der Waals surface area contributed by atoms with Crippen molar-refractivity contribution in [2.45, 2.75) is 19.4 Å². The number of esters is 1. The summed E-state index contributed by atoms with van der Waals surface area (Å²) >= 11 is 0. The molecule has 1 aliphatic heterocycles. The molecular weight excluding hydrogens is 258 g/mol. The van der Waals surface area contributed by atoms with E-state index in [9.17, 15) is 4.79 Å². The highest BCUT2D eigenvalue weighted by Crippen LogP contribution is 2.43. The van der Waals surface area contributed by atoms with Crippen molar-refractivity contribution >= 4 is 5.97 Å². The predicted octanol–water partition coefficient (Wildman–Crippen LogP) is 2.04. The van der Waals surface area contributed by atoms with Crippen LogP contribution in [0.15, 0.2) is 6.07 Å². The van der Waals surface area contributed by atoms with E-state index >= 15 is 0 Å². The highest BCUT2D eigenvalue weighted by atomic mass is 16.6. The standard InChI is InChI=1S/C15H21NO4/c1-6-9-11(18-4)7-10-12(8-16(2)3)20-15(17)13(10)14(9)19-5/h7,12H,6,8H2,1-5H3/t12-/m0/s1. The molecule has 110 valence electrons. The fraction of sp³-hybridized carbons (Fsp3) is 0.533. The number of hydrogen-bond acceptors (Lipinski definition) is 5. The van der Waals surface area contributed by atoms with Gasteiger partial charge in [0.25, 0.3) is 0 Å². The van der Waals surface area contributed by atoms with E-state index in [4.69, 9.17) is 14.2 Å². The fourth-order valence-electron chi connectivity index (χ4n) is 2.62. The number of rotatable bonds is 5. The summed E-state index contributed by atoms with van der Waals surface area (Å²) in [5.74, 6) is 0.999. The third-order valence-electron chi connectivity index (χ3n) is 3.48. The van der Waals surface area contributed by atoms with Gasteiger partial charge in [0, 0.05) is 17.7 Å². The van der Waals surface area contributed by atoms with Crippen molar-refractivity contribution in [2.24, 2.45) is 0 Å². The zero-order chi connectivity index (χ0) is 14.9. The van der Waals surface area contributed by atoms with Crippen molar-refractivity contribution in [3.63, 3.8) is 0 Å². The van der Waals surface area contributed by atoms with Crippen LogP contribution in [-0.2, 0) is 11.2 Å². The van der Waals surface area contributed by atoms with Crippen LogP contribution in [0.4, 0.5) is 0 Å². The third-order valence-corrected chi connectivity index (χ3v) is 3.48. The van der Waals surface area contributed by atoms with Gasteiger partial charge in [-0.1, -0.05) is 6.92 Å². The molecule has 0 fully saturated rings. The Labute approximate surface area is 119 Å². The van der Waals surface area contributed by atoms with Gasteiger partial charge in [0.2, 0.25) is 0 Å². The maximum Gasteiger partial charge on any atom is 0.343 e. The molecule has 5 nitrogen and oxygen atoms in total. The van der Waals surface area contributed by atoms with Gasteiger partial charge in [-0.3, -0.25) is 0 Å². The zero-order valence-electron chi connectivity index (χ0n) is 12.6. The number of cyclic esters (lactones) is 1. The molecule has 1 aromatic rings. The lowest BCUT2D eigenvalue weighted by molar-refractivity contribution is 0.0330. The molecule has 0 saturated heterocycles. The van der Waals surface area contributed by atoms with Crippen LogP contribution in [0.5, 0.6) is 11.5 Å². The lowest BCUT2D eigenvalue weighted by Gasteiger charge is -2.18. The Bertz CT molecular complexity index is 525. The van der Waals surface area contributed by atoms with Gasteiger partial charge in [-0.05, 0) is 26.6 Å². The number of nitrogens with zero attached hydrogens (tertiary/aromatic N) is 1. The molecule has 0 unspecified atom stereocenters. The van der Waals surface area contributed by atoms with Gasteiger partial charge in [0.1, 0.15) is 23.2 Å². The van der Waals surface area contributed by atoms with Crippen LogP contribution in [0.3, 0.4) is 0 Å². The topological polar surface area (TPSA) is 48.0 Å². The van der Waals surface area contributed by atoms with Crippen molar-refractivity contribution in [1.82, 2.24) is 4.90 Å². The monoisotopic (exact) mass is 279 g/mol. The molecule has 0 bridgehead atoms. The molecule has 5 heteroatoms. The fourth-order valence-corrected chi connectivity index (χ4v) is 2.62. The predicted molar refractivity (Wildman–Crippen MR) is 75.6 cm³/mol. The molecule has 0 amide bonds. The largest absolute Gasteiger partial charge is 0.496 e. The minimum absolute atomic E-state index is 0.277. The Morgan fingerprint density at radius 1 is 1.30 bits per heavy atom. The van der Waals surface area contributed by atoms with Crippen LogP contribution in [0, 0.1) is 0 Å². The number of likely N-dealkylation sites (N-methyl/N-ethyl adjacent to an activating group) is 1. The smallest absolute Gasteiger partial charge is 0.343 e. The van der Waals surface area contributed by atoms with Gasteiger partial charge in [-0.25, -0.2) is 4.79 Å². The second kappa shape index (κ2) is 5.71. The van der Waals surface area contributed by atoms with E-state index in [-0.39, 0.29) is 12.1 Å². The number of hydrogen-bond donors (Lipinski definition) is 0. The summed E-state index contributed by atoms with van der Waals surface area (Å²) < 4.78 is 16.4. The van der Waals surface area contributed by atoms with E-state index in [1.165, 1.54) is 0 Å². The van der Waals surface area contributed by atoms with E-state index in [0.717, 1.165) is 23.3 Å². The first-order valence-corrected chi connectivity index (χ1v) is 6.66. The first-order valence-electron chi connectivity index (χ1n) is 6.66. The van der Waals surface area contributed by atoms with Crippen LogP contribution >= 0.6 is 0 Å². The van der Waals surface area contributed by atoms with Gasteiger partial charge in [0.15, 0.2) is 0 Å². The van der Waals surface area contributed by atoms with E-state index < -0.39 is 0 Å². The van der Waals surface area contributed by atoms with E-state index in [0.29, 0.717) is 17.9 Å². The first kappa shape index (κ1) is 14.7. The summed E-state index contributed by atoms with van der Waals surface area (Å²) in [4.78, 5) is 14.1. The molecule has 1 heterocycles. The van der Waals surface area contributed by atoms with Crippen molar-refractivity contribution < 1.29 is 19.0 Å². The molecule has 0 radical (unpaired) electrons. The number of fused-ring (bicyclic) bond motifs is 1. The van der Waals surface area contributed by atoms with Crippen molar-refractivity contribution in [2.75, 3.05) is 34.9 Å². The maximum atomic E-state index is 12.1. The van der Waals surface area contributed by atoms with Crippen LogP contribution in [0.25, 0.3) is 0 Å². The number of ether oxygens (including phenoxy) is 3. The second-order valence-corrected chi connectivity index (χ2v) is 5.06. The molecule has 20 heavy (non-hydrogen) atoms. The minimum atomic E-state index is -0.318. The summed E-state index contributed by atoms with van der Waals surface area (Å²) in [5, 5.41) is 0. The Morgan fingerprint density at radius 3 is 2.50 bits per heavy atom. The molecule has 0 N–H and O–H groups in total. The van der Waals surface area contributed by atoms with Crippen molar-refractivity contribution in [3.05, 3.63) is 22.8 Å². The molecule has 1 aliphatic rings. The molecule has 0 aliphatic carbocycles. The first-order chi connectivity index (χ1) is 9.53. The van der Waals surface area contributed by atoms with Gasteiger partial charge in [0.05, 0.1) is 14.2 Å². The van der Waals surface area contributed by atoms with Crippen molar-refractivity contribution in [1.29, 1.82) is 0 Å². The average molecular weight is 279 g/mol. The zero-order valence-corrected chi connectivity index (χ0v) is 12.6. The molecule has 1 aromatic carbocycles. The number of carbonyl (C=O) groups excluding carboxylic acids is 1. The normalized spacial score (nSPS) is 17.1. The van der Waals surface area contributed by atoms with Gasteiger partial charge >= 0.3 is 5.97 Å². The van der Waals surface area contributed by atoms with E-state index in [2.05, 4.69) is 0 Å². The average Bonchev–Trinajstić information content (AvgIpc) is 2.72. The van der Waals surface area contributed by atoms with Gasteiger partial charge in [-0.15, -0.1) is 0 Å². The molecule has 0 saturated carbocycles. The lowest BCUT2D eigenvalue weighted by Crippen LogP contribution is -2.20. The number of benzene rings is 1. The van der Waals surface area contributed by atoms with Crippen molar-refractivity contribution in [3.8, 4) is 11.5 Å². The molecule has 0 spiro atoms. The summed E-state index contributed by atoms with van der Waals surface area (Å²) in [6.45, 7) is 2.64. The number of carbonyl (C=O) groups is 1. The molecule has 0 aromatic heterocycles. The molecular formula is C15H21NO4. The Morgan fingerprint density at radius 2 is 2.00 bits per heavy atom. The summed E-state index contributed by atoms with van der Waals surface area (Å²) in [6, 6.07) is 1.90. The van der Waals surface area contributed by atoms with Crippen LogP contribution < -0.4 is 9.47 Å². The SMILES string of the molecule is CCc1c(OC)cc2c(c1OC)C(=O)O[C@H]2CN(C)C.